The van der Waals surface area contributed by atoms with Crippen LogP contribution < -0.4 is 5.32 Å². The smallest absolute Gasteiger partial charge is 0.191 e. The highest BCUT2D eigenvalue weighted by atomic mass is 16.1. The standard InChI is InChI=1S/C13H15NO/c1-9(2)14-8-11-7-10-5-3-4-6-12(10)13(11)15/h3-6,8-9,14H,7H2,1-2H3/b11-8-. The molecule has 0 unspecified atom stereocenters. The van der Waals surface area contributed by atoms with E-state index < -0.39 is 0 Å². The average Bonchev–Trinajstić information content (AvgIpc) is 2.54. The highest BCUT2D eigenvalue weighted by Crippen LogP contribution is 2.25. The van der Waals surface area contributed by atoms with E-state index in [1.807, 2.05) is 30.5 Å². The number of nitrogens with one attached hydrogen (secondary N) is 1. The molecule has 0 fully saturated rings. The van der Waals surface area contributed by atoms with Crippen molar-refractivity contribution in [2.24, 2.45) is 0 Å². The van der Waals surface area contributed by atoms with Gasteiger partial charge in [-0.1, -0.05) is 24.3 Å². The first kappa shape index (κ1) is 9.97. The second-order valence-electron chi connectivity index (χ2n) is 4.15. The van der Waals surface area contributed by atoms with Crippen molar-refractivity contribution >= 4 is 5.78 Å². The zero-order chi connectivity index (χ0) is 10.8. The molecule has 0 amide bonds. The average molecular weight is 201 g/mol. The topological polar surface area (TPSA) is 29.1 Å². The van der Waals surface area contributed by atoms with Crippen molar-refractivity contribution in [3.8, 4) is 0 Å². The maximum atomic E-state index is 11.9. The summed E-state index contributed by atoms with van der Waals surface area (Å²) in [6, 6.07) is 8.17. The third-order valence-corrected chi connectivity index (χ3v) is 2.53. The number of carbonyl (C=O) groups is 1. The molecule has 0 aromatic heterocycles. The van der Waals surface area contributed by atoms with Gasteiger partial charge in [0, 0.05) is 29.8 Å². The Morgan fingerprint density at radius 2 is 2.07 bits per heavy atom. The maximum Gasteiger partial charge on any atom is 0.191 e. The van der Waals surface area contributed by atoms with Gasteiger partial charge in [0.25, 0.3) is 0 Å². The molecule has 1 aromatic rings. The van der Waals surface area contributed by atoms with Gasteiger partial charge >= 0.3 is 0 Å². The SMILES string of the molecule is CC(C)N/C=C1/Cc2ccccc2C1=O. The molecule has 2 nitrogen and oxygen atoms in total. The highest BCUT2D eigenvalue weighted by Gasteiger charge is 2.23. The lowest BCUT2D eigenvalue weighted by molar-refractivity contribution is 0.103. The molecular weight excluding hydrogens is 186 g/mol. The zero-order valence-corrected chi connectivity index (χ0v) is 9.08. The molecule has 15 heavy (non-hydrogen) atoms. The van der Waals surface area contributed by atoms with Crippen LogP contribution in [0.25, 0.3) is 0 Å². The lowest BCUT2D eigenvalue weighted by Gasteiger charge is -2.04. The first-order valence-electron chi connectivity index (χ1n) is 5.26. The molecule has 0 saturated carbocycles. The summed E-state index contributed by atoms with van der Waals surface area (Å²) in [5.41, 5.74) is 2.86. The second kappa shape index (κ2) is 3.89. The van der Waals surface area contributed by atoms with Crippen LogP contribution in [0.3, 0.4) is 0 Å². The lowest BCUT2D eigenvalue weighted by atomic mass is 10.1. The Balaban J connectivity index is 2.24. The van der Waals surface area contributed by atoms with Crippen molar-refractivity contribution in [3.05, 3.63) is 47.2 Å². The van der Waals surface area contributed by atoms with Crippen molar-refractivity contribution in [1.29, 1.82) is 0 Å². The van der Waals surface area contributed by atoms with Gasteiger partial charge in [0.1, 0.15) is 0 Å². The highest BCUT2D eigenvalue weighted by molar-refractivity contribution is 6.13. The van der Waals surface area contributed by atoms with E-state index in [0.29, 0.717) is 6.04 Å². The van der Waals surface area contributed by atoms with Gasteiger partial charge < -0.3 is 5.32 Å². The molecule has 0 heterocycles. The van der Waals surface area contributed by atoms with Crippen LogP contribution >= 0.6 is 0 Å². The lowest BCUT2D eigenvalue weighted by Crippen LogP contribution is -2.17. The monoisotopic (exact) mass is 201 g/mol. The maximum absolute atomic E-state index is 11.9. The summed E-state index contributed by atoms with van der Waals surface area (Å²) >= 11 is 0. The van der Waals surface area contributed by atoms with Crippen molar-refractivity contribution < 1.29 is 4.79 Å². The first-order valence-corrected chi connectivity index (χ1v) is 5.26. The fourth-order valence-electron chi connectivity index (χ4n) is 1.74. The van der Waals surface area contributed by atoms with Crippen LogP contribution in [0.2, 0.25) is 0 Å². The molecule has 1 aliphatic carbocycles. The van der Waals surface area contributed by atoms with Gasteiger partial charge in [0.2, 0.25) is 0 Å². The number of allylic oxidation sites excluding steroid dienone is 1. The third kappa shape index (κ3) is 1.94. The minimum atomic E-state index is 0.166. The Morgan fingerprint density at radius 1 is 1.33 bits per heavy atom. The van der Waals surface area contributed by atoms with Crippen molar-refractivity contribution in [3.63, 3.8) is 0 Å². The Hall–Kier alpha value is -1.57. The summed E-state index contributed by atoms with van der Waals surface area (Å²) in [7, 11) is 0. The third-order valence-electron chi connectivity index (χ3n) is 2.53. The number of benzene rings is 1. The van der Waals surface area contributed by atoms with Crippen LogP contribution in [-0.2, 0) is 6.42 Å². The second-order valence-corrected chi connectivity index (χ2v) is 4.15. The van der Waals surface area contributed by atoms with Gasteiger partial charge in [0.15, 0.2) is 5.78 Å². The minimum absolute atomic E-state index is 0.166. The zero-order valence-electron chi connectivity index (χ0n) is 9.08. The summed E-state index contributed by atoms with van der Waals surface area (Å²) in [6.07, 6.45) is 2.61. The number of hydrogen-bond acceptors (Lipinski definition) is 2. The van der Waals surface area contributed by atoms with Crippen LogP contribution in [0.4, 0.5) is 0 Å². The minimum Gasteiger partial charge on any atom is -0.388 e. The van der Waals surface area contributed by atoms with Crippen LogP contribution in [-0.4, -0.2) is 11.8 Å². The van der Waals surface area contributed by atoms with Gasteiger partial charge in [-0.2, -0.15) is 0 Å². The van der Waals surface area contributed by atoms with Gasteiger partial charge in [-0.25, -0.2) is 0 Å². The number of fused-ring (bicyclic) bond motifs is 1. The number of Topliss-reactive ketones (excluding diaryl/α,β-unsaturated/α-hetero) is 1. The van der Waals surface area contributed by atoms with E-state index in [-0.39, 0.29) is 5.78 Å². The quantitative estimate of drug-likeness (QED) is 0.744. The molecule has 1 N–H and O–H groups in total. The Morgan fingerprint density at radius 3 is 2.73 bits per heavy atom. The molecule has 0 aliphatic heterocycles. The predicted molar refractivity (Wildman–Crippen MR) is 60.8 cm³/mol. The number of ketones is 1. The van der Waals surface area contributed by atoms with Gasteiger partial charge in [-0.05, 0) is 19.4 Å². The van der Waals surface area contributed by atoms with E-state index in [4.69, 9.17) is 0 Å². The molecule has 1 aromatic carbocycles. The Kier molecular flexibility index (Phi) is 2.58. The molecule has 0 atom stereocenters. The first-order chi connectivity index (χ1) is 7.18. The molecule has 2 rings (SSSR count). The molecule has 2 heteroatoms. The molecule has 0 radical (unpaired) electrons. The number of hydrogen-bond donors (Lipinski definition) is 1. The van der Waals surface area contributed by atoms with E-state index in [1.165, 1.54) is 0 Å². The summed E-state index contributed by atoms with van der Waals surface area (Å²) < 4.78 is 0. The number of carbonyl (C=O) groups excluding carboxylic acids is 1. The molecule has 0 spiro atoms. The van der Waals surface area contributed by atoms with Crippen LogP contribution in [0.5, 0.6) is 0 Å². The van der Waals surface area contributed by atoms with Crippen LogP contribution in [0.15, 0.2) is 36.0 Å². The van der Waals surface area contributed by atoms with Crippen molar-refractivity contribution in [2.75, 3.05) is 0 Å². The van der Waals surface area contributed by atoms with Gasteiger partial charge in [0.05, 0.1) is 0 Å². The summed E-state index contributed by atoms with van der Waals surface area (Å²) in [6.45, 7) is 4.12. The van der Waals surface area contributed by atoms with E-state index in [0.717, 1.165) is 23.1 Å². The van der Waals surface area contributed by atoms with Crippen molar-refractivity contribution in [2.45, 2.75) is 26.3 Å². The molecule has 78 valence electrons. The molecule has 0 saturated heterocycles. The fraction of sp³-hybridized carbons (Fsp3) is 0.308. The summed E-state index contributed by atoms with van der Waals surface area (Å²) in [4.78, 5) is 11.9. The predicted octanol–water partition coefficient (Wildman–Crippen LogP) is 2.31. The molecule has 0 bridgehead atoms. The number of rotatable bonds is 2. The van der Waals surface area contributed by atoms with E-state index in [1.54, 1.807) is 0 Å². The summed E-state index contributed by atoms with van der Waals surface area (Å²) in [5, 5.41) is 3.17. The van der Waals surface area contributed by atoms with E-state index in [9.17, 15) is 4.79 Å². The molecular formula is C13H15NO. The van der Waals surface area contributed by atoms with E-state index >= 15 is 0 Å². The molecule has 1 aliphatic rings. The largest absolute Gasteiger partial charge is 0.388 e. The normalized spacial score (nSPS) is 17.3. The van der Waals surface area contributed by atoms with Gasteiger partial charge in [-0.3, -0.25) is 4.79 Å². The summed E-state index contributed by atoms with van der Waals surface area (Å²) in [5.74, 6) is 0.166. The Bertz CT molecular complexity index is 418. The van der Waals surface area contributed by atoms with Crippen molar-refractivity contribution in [1.82, 2.24) is 5.32 Å². The van der Waals surface area contributed by atoms with Crippen LogP contribution in [0, 0.1) is 0 Å². The Labute approximate surface area is 90.0 Å². The van der Waals surface area contributed by atoms with E-state index in [2.05, 4.69) is 19.2 Å². The van der Waals surface area contributed by atoms with Gasteiger partial charge in [-0.15, -0.1) is 0 Å². The fourth-order valence-corrected chi connectivity index (χ4v) is 1.74. The van der Waals surface area contributed by atoms with Crippen LogP contribution in [0.1, 0.15) is 29.8 Å².